The molecule has 1 aromatic carbocycles. The number of carbonyl (C=O) groups is 1. The lowest BCUT2D eigenvalue weighted by molar-refractivity contribution is 0.0697. The molecular formula is C11H10ClN3O4S. The summed E-state index contributed by atoms with van der Waals surface area (Å²) in [6, 6.07) is 4.89. The molecule has 0 radical (unpaired) electrons. The minimum Gasteiger partial charge on any atom is -0.478 e. The molecule has 2 rings (SSSR count). The molecule has 0 saturated carbocycles. The molecule has 0 unspecified atom stereocenters. The van der Waals surface area contributed by atoms with Crippen LogP contribution in [0.2, 0.25) is 5.02 Å². The normalized spacial score (nSPS) is 11.3. The monoisotopic (exact) mass is 315 g/mol. The summed E-state index contributed by atoms with van der Waals surface area (Å²) < 4.78 is 26.4. The minimum absolute atomic E-state index is 0.140. The first-order valence-electron chi connectivity index (χ1n) is 5.37. The average molecular weight is 316 g/mol. The number of H-pyrrole nitrogens is 1. The zero-order chi connectivity index (χ0) is 14.9. The number of sulfonamides is 1. The van der Waals surface area contributed by atoms with E-state index in [1.807, 2.05) is 0 Å². The number of rotatable bonds is 4. The van der Waals surface area contributed by atoms with Crippen LogP contribution in [-0.4, -0.2) is 29.7 Å². The van der Waals surface area contributed by atoms with Gasteiger partial charge >= 0.3 is 5.97 Å². The van der Waals surface area contributed by atoms with Crippen molar-refractivity contribution in [2.24, 2.45) is 0 Å². The maximum absolute atomic E-state index is 12.1. The Labute approximate surface area is 119 Å². The minimum atomic E-state index is -3.87. The third-order valence-electron chi connectivity index (χ3n) is 2.43. The fourth-order valence-electron chi connectivity index (χ4n) is 1.50. The Morgan fingerprint density at radius 1 is 1.40 bits per heavy atom. The summed E-state index contributed by atoms with van der Waals surface area (Å²) in [6.07, 6.45) is 0. The van der Waals surface area contributed by atoms with Crippen molar-refractivity contribution in [3.8, 4) is 0 Å². The molecule has 9 heteroatoms. The predicted molar refractivity (Wildman–Crippen MR) is 72.5 cm³/mol. The van der Waals surface area contributed by atoms with Gasteiger partial charge in [0.2, 0.25) is 0 Å². The highest BCUT2D eigenvalue weighted by molar-refractivity contribution is 7.92. The Kier molecular flexibility index (Phi) is 3.69. The topological polar surface area (TPSA) is 112 Å². The van der Waals surface area contributed by atoms with Crippen molar-refractivity contribution in [2.45, 2.75) is 11.8 Å². The molecule has 3 N–H and O–H groups in total. The maximum atomic E-state index is 12.1. The molecule has 20 heavy (non-hydrogen) atoms. The van der Waals surface area contributed by atoms with E-state index in [0.717, 1.165) is 18.2 Å². The first-order chi connectivity index (χ1) is 9.29. The van der Waals surface area contributed by atoms with Gasteiger partial charge in [0.1, 0.15) is 0 Å². The summed E-state index contributed by atoms with van der Waals surface area (Å²) in [6.45, 7) is 1.73. The van der Waals surface area contributed by atoms with Gasteiger partial charge in [-0.25, -0.2) is 13.2 Å². The molecule has 0 aliphatic heterocycles. The lowest BCUT2D eigenvalue weighted by Crippen LogP contribution is -2.13. The molecule has 0 aliphatic rings. The quantitative estimate of drug-likeness (QED) is 0.797. The van der Waals surface area contributed by atoms with Crippen molar-refractivity contribution in [3.63, 3.8) is 0 Å². The second kappa shape index (κ2) is 5.14. The predicted octanol–water partition coefficient (Wildman–Crippen LogP) is 1.87. The Bertz CT molecular complexity index is 770. The maximum Gasteiger partial charge on any atom is 0.337 e. The number of nitrogens with zero attached hydrogens (tertiary/aromatic N) is 1. The fraction of sp³-hybridized carbons (Fsp3) is 0.0909. The van der Waals surface area contributed by atoms with Crippen LogP contribution in [0.15, 0.2) is 29.2 Å². The zero-order valence-electron chi connectivity index (χ0n) is 10.2. The van der Waals surface area contributed by atoms with Crippen LogP contribution in [0.5, 0.6) is 0 Å². The highest BCUT2D eigenvalue weighted by Crippen LogP contribution is 2.22. The second-order valence-electron chi connectivity index (χ2n) is 3.99. The summed E-state index contributed by atoms with van der Waals surface area (Å²) in [5.74, 6) is -1.09. The summed E-state index contributed by atoms with van der Waals surface area (Å²) in [7, 11) is -3.87. The number of aromatic amines is 1. The van der Waals surface area contributed by atoms with Crippen LogP contribution in [0.25, 0.3) is 0 Å². The van der Waals surface area contributed by atoms with Crippen molar-refractivity contribution in [3.05, 3.63) is 40.5 Å². The lowest BCUT2D eigenvalue weighted by Gasteiger charge is -2.06. The zero-order valence-corrected chi connectivity index (χ0v) is 11.8. The number of hydrogen-bond donors (Lipinski definition) is 3. The smallest absolute Gasteiger partial charge is 0.337 e. The number of aromatic nitrogens is 2. The molecule has 106 valence electrons. The van der Waals surface area contributed by atoms with Crippen LogP contribution in [0.3, 0.4) is 0 Å². The number of halogens is 1. The largest absolute Gasteiger partial charge is 0.478 e. The number of carboxylic acid groups (broad SMARTS) is 1. The van der Waals surface area contributed by atoms with Gasteiger partial charge in [0.05, 0.1) is 15.5 Å². The van der Waals surface area contributed by atoms with E-state index >= 15 is 0 Å². The van der Waals surface area contributed by atoms with Crippen molar-refractivity contribution < 1.29 is 18.3 Å². The van der Waals surface area contributed by atoms with Crippen molar-refractivity contribution in [1.29, 1.82) is 0 Å². The Morgan fingerprint density at radius 2 is 2.10 bits per heavy atom. The molecule has 2 aromatic rings. The molecule has 0 bridgehead atoms. The van der Waals surface area contributed by atoms with E-state index in [4.69, 9.17) is 16.7 Å². The third-order valence-corrected chi connectivity index (χ3v) is 4.09. The van der Waals surface area contributed by atoms with Gasteiger partial charge in [-0.3, -0.25) is 9.82 Å². The summed E-state index contributed by atoms with van der Waals surface area (Å²) >= 11 is 5.74. The van der Waals surface area contributed by atoms with E-state index in [0.29, 0.717) is 5.69 Å². The molecule has 0 saturated heterocycles. The lowest BCUT2D eigenvalue weighted by atomic mass is 10.2. The standard InChI is InChI=1S/C11H10ClN3O4S/c1-6-4-10(14-13-6)15-20(18,19)7-2-3-8(11(16)17)9(12)5-7/h2-5H,1H3,(H,16,17)(H2,13,14,15). The van der Waals surface area contributed by atoms with Crippen LogP contribution in [0.4, 0.5) is 5.82 Å². The molecular weight excluding hydrogens is 306 g/mol. The Hall–Kier alpha value is -2.06. The Balaban J connectivity index is 2.35. The number of aryl methyl sites for hydroxylation is 1. The Morgan fingerprint density at radius 3 is 2.60 bits per heavy atom. The van der Waals surface area contributed by atoms with Crippen molar-refractivity contribution in [1.82, 2.24) is 10.2 Å². The van der Waals surface area contributed by atoms with Crippen LogP contribution < -0.4 is 4.72 Å². The molecule has 1 heterocycles. The van der Waals surface area contributed by atoms with Crippen LogP contribution in [0.1, 0.15) is 16.1 Å². The van der Waals surface area contributed by atoms with E-state index in [1.165, 1.54) is 6.07 Å². The van der Waals surface area contributed by atoms with Gasteiger partial charge in [-0.05, 0) is 25.1 Å². The molecule has 0 atom stereocenters. The van der Waals surface area contributed by atoms with E-state index in [9.17, 15) is 13.2 Å². The van der Waals surface area contributed by atoms with Crippen molar-refractivity contribution in [2.75, 3.05) is 4.72 Å². The first kappa shape index (κ1) is 14.4. The molecule has 0 amide bonds. The van der Waals surface area contributed by atoms with Gasteiger partial charge in [0.15, 0.2) is 5.82 Å². The van der Waals surface area contributed by atoms with Gasteiger partial charge in [0.25, 0.3) is 10.0 Å². The van der Waals surface area contributed by atoms with E-state index in [-0.39, 0.29) is 21.3 Å². The third kappa shape index (κ3) is 2.91. The summed E-state index contributed by atoms with van der Waals surface area (Å²) in [4.78, 5) is 10.7. The number of nitrogens with one attached hydrogen (secondary N) is 2. The van der Waals surface area contributed by atoms with E-state index in [2.05, 4.69) is 14.9 Å². The fourth-order valence-corrected chi connectivity index (χ4v) is 2.85. The van der Waals surface area contributed by atoms with Crippen LogP contribution in [0, 0.1) is 6.92 Å². The van der Waals surface area contributed by atoms with E-state index in [1.54, 1.807) is 6.92 Å². The first-order valence-corrected chi connectivity index (χ1v) is 7.23. The highest BCUT2D eigenvalue weighted by atomic mass is 35.5. The summed E-state index contributed by atoms with van der Waals surface area (Å²) in [5, 5.41) is 15.0. The molecule has 0 spiro atoms. The van der Waals surface area contributed by atoms with Crippen molar-refractivity contribution >= 4 is 33.4 Å². The van der Waals surface area contributed by atoms with Gasteiger partial charge in [-0.2, -0.15) is 5.10 Å². The van der Waals surface area contributed by atoms with Gasteiger partial charge < -0.3 is 5.11 Å². The SMILES string of the molecule is Cc1cc(NS(=O)(=O)c2ccc(C(=O)O)c(Cl)c2)n[nH]1. The van der Waals surface area contributed by atoms with Crippen LogP contribution >= 0.6 is 11.6 Å². The van der Waals surface area contributed by atoms with Gasteiger partial charge in [-0.15, -0.1) is 0 Å². The second-order valence-corrected chi connectivity index (χ2v) is 6.08. The molecule has 1 aromatic heterocycles. The number of aromatic carboxylic acids is 1. The molecule has 0 aliphatic carbocycles. The molecule has 0 fully saturated rings. The van der Waals surface area contributed by atoms with E-state index < -0.39 is 16.0 Å². The van der Waals surface area contributed by atoms with Gasteiger partial charge in [-0.1, -0.05) is 11.6 Å². The van der Waals surface area contributed by atoms with Gasteiger partial charge in [0, 0.05) is 11.8 Å². The average Bonchev–Trinajstić information content (AvgIpc) is 2.73. The van der Waals surface area contributed by atoms with Crippen LogP contribution in [-0.2, 0) is 10.0 Å². The molecule has 7 nitrogen and oxygen atoms in total. The highest BCUT2D eigenvalue weighted by Gasteiger charge is 2.18. The number of hydrogen-bond acceptors (Lipinski definition) is 4. The summed E-state index contributed by atoms with van der Waals surface area (Å²) in [5.41, 5.74) is 0.531. The number of carboxylic acids is 1. The number of benzene rings is 1. The number of anilines is 1.